The number of hydrogen-bond acceptors (Lipinski definition) is 4. The maximum Gasteiger partial charge on any atom is 0.275 e. The molecule has 1 N–H and O–H groups in total. The summed E-state index contributed by atoms with van der Waals surface area (Å²) in [6, 6.07) is 5.56. The van der Waals surface area contributed by atoms with E-state index < -0.39 is 0 Å². The summed E-state index contributed by atoms with van der Waals surface area (Å²) in [5.41, 5.74) is 3.13. The molecule has 0 saturated heterocycles. The van der Waals surface area contributed by atoms with Gasteiger partial charge in [0, 0.05) is 12.3 Å². The number of aryl methyl sites for hydroxylation is 3. The first kappa shape index (κ1) is 13.4. The fourth-order valence-corrected chi connectivity index (χ4v) is 2.29. The lowest BCUT2D eigenvalue weighted by Gasteiger charge is -2.04. The number of anilines is 1. The molecule has 0 aliphatic heterocycles. The second kappa shape index (κ2) is 5.05. The summed E-state index contributed by atoms with van der Waals surface area (Å²) in [6.45, 7) is 5.73. The van der Waals surface area contributed by atoms with Crippen molar-refractivity contribution in [3.8, 4) is 0 Å². The Morgan fingerprint density at radius 2 is 2.19 bits per heavy atom. The Kier molecular flexibility index (Phi) is 3.21. The van der Waals surface area contributed by atoms with E-state index in [2.05, 4.69) is 15.5 Å². The van der Waals surface area contributed by atoms with Crippen LogP contribution in [0.5, 0.6) is 0 Å². The van der Waals surface area contributed by atoms with Crippen LogP contribution in [0.1, 0.15) is 34.4 Å². The standard InChI is InChI=1S/C15H16N4O2/c1-4-11-14(15(20)17-12-7-10(3)21-18-12)19-8-9(2)5-6-13(19)16-11/h5-8H,4H2,1-3H3,(H,17,18,20). The molecule has 0 aromatic carbocycles. The van der Waals surface area contributed by atoms with E-state index in [9.17, 15) is 4.79 Å². The lowest BCUT2D eigenvalue weighted by Crippen LogP contribution is -2.16. The third kappa shape index (κ3) is 2.40. The predicted octanol–water partition coefficient (Wildman–Crippen LogP) is 2.75. The summed E-state index contributed by atoms with van der Waals surface area (Å²) in [7, 11) is 0. The van der Waals surface area contributed by atoms with Gasteiger partial charge in [0.25, 0.3) is 5.91 Å². The van der Waals surface area contributed by atoms with E-state index in [0.717, 1.165) is 16.9 Å². The van der Waals surface area contributed by atoms with Crippen LogP contribution < -0.4 is 5.32 Å². The fraction of sp³-hybridized carbons (Fsp3) is 0.267. The Morgan fingerprint density at radius 3 is 2.86 bits per heavy atom. The number of nitrogens with zero attached hydrogens (tertiary/aromatic N) is 3. The maximum atomic E-state index is 12.5. The molecule has 108 valence electrons. The molecule has 0 fully saturated rings. The van der Waals surface area contributed by atoms with E-state index in [0.29, 0.717) is 23.7 Å². The largest absolute Gasteiger partial charge is 0.360 e. The molecule has 0 bridgehead atoms. The lowest BCUT2D eigenvalue weighted by atomic mass is 10.2. The molecular formula is C15H16N4O2. The van der Waals surface area contributed by atoms with Crippen molar-refractivity contribution in [2.75, 3.05) is 5.32 Å². The molecule has 0 spiro atoms. The summed E-state index contributed by atoms with van der Waals surface area (Å²) >= 11 is 0. The molecule has 0 aliphatic rings. The minimum atomic E-state index is -0.238. The van der Waals surface area contributed by atoms with Gasteiger partial charge in [-0.2, -0.15) is 0 Å². The predicted molar refractivity (Wildman–Crippen MR) is 78.5 cm³/mol. The smallest absolute Gasteiger partial charge is 0.275 e. The van der Waals surface area contributed by atoms with E-state index in [1.807, 2.05) is 36.6 Å². The fourth-order valence-electron chi connectivity index (χ4n) is 2.29. The maximum absolute atomic E-state index is 12.5. The zero-order valence-electron chi connectivity index (χ0n) is 12.2. The van der Waals surface area contributed by atoms with Crippen molar-refractivity contribution in [1.29, 1.82) is 0 Å². The number of amides is 1. The normalized spacial score (nSPS) is 11.0. The van der Waals surface area contributed by atoms with Crippen LogP contribution in [0.25, 0.3) is 5.65 Å². The Morgan fingerprint density at radius 1 is 1.38 bits per heavy atom. The first-order valence-electron chi connectivity index (χ1n) is 6.80. The second-order valence-electron chi connectivity index (χ2n) is 4.97. The monoisotopic (exact) mass is 284 g/mol. The quantitative estimate of drug-likeness (QED) is 0.802. The number of carbonyl (C=O) groups excluding carboxylic acids is 1. The molecule has 3 aromatic heterocycles. The Hall–Kier alpha value is -2.63. The topological polar surface area (TPSA) is 72.4 Å². The molecule has 6 heteroatoms. The molecule has 0 aliphatic carbocycles. The molecule has 6 nitrogen and oxygen atoms in total. The first-order valence-corrected chi connectivity index (χ1v) is 6.80. The van der Waals surface area contributed by atoms with E-state index in [-0.39, 0.29) is 5.91 Å². The summed E-state index contributed by atoms with van der Waals surface area (Å²) in [4.78, 5) is 17.0. The number of aromatic nitrogens is 3. The highest BCUT2D eigenvalue weighted by molar-refractivity contribution is 6.04. The summed E-state index contributed by atoms with van der Waals surface area (Å²) < 4.78 is 6.77. The average molecular weight is 284 g/mol. The van der Waals surface area contributed by atoms with Crippen molar-refractivity contribution in [3.05, 3.63) is 47.1 Å². The molecule has 0 radical (unpaired) electrons. The Labute approximate surface area is 121 Å². The van der Waals surface area contributed by atoms with Crippen molar-refractivity contribution in [1.82, 2.24) is 14.5 Å². The third-order valence-corrected chi connectivity index (χ3v) is 3.26. The number of fused-ring (bicyclic) bond motifs is 1. The molecule has 0 saturated carbocycles. The number of hydrogen-bond donors (Lipinski definition) is 1. The number of rotatable bonds is 3. The van der Waals surface area contributed by atoms with Gasteiger partial charge < -0.3 is 9.84 Å². The van der Waals surface area contributed by atoms with Gasteiger partial charge in [0.05, 0.1) is 5.69 Å². The second-order valence-corrected chi connectivity index (χ2v) is 4.97. The van der Waals surface area contributed by atoms with E-state index in [1.165, 1.54) is 0 Å². The van der Waals surface area contributed by atoms with Gasteiger partial charge in [0.2, 0.25) is 0 Å². The highest BCUT2D eigenvalue weighted by atomic mass is 16.5. The van der Waals surface area contributed by atoms with Crippen molar-refractivity contribution >= 4 is 17.4 Å². The minimum absolute atomic E-state index is 0.238. The van der Waals surface area contributed by atoms with Gasteiger partial charge in [0.15, 0.2) is 5.82 Å². The van der Waals surface area contributed by atoms with Crippen LogP contribution >= 0.6 is 0 Å². The summed E-state index contributed by atoms with van der Waals surface area (Å²) in [5.74, 6) is 0.815. The van der Waals surface area contributed by atoms with Gasteiger partial charge in [-0.25, -0.2) is 4.98 Å². The van der Waals surface area contributed by atoms with Crippen LogP contribution in [-0.2, 0) is 6.42 Å². The average Bonchev–Trinajstić information content (AvgIpc) is 3.01. The Bertz CT molecular complexity index is 816. The number of nitrogens with one attached hydrogen (secondary N) is 1. The van der Waals surface area contributed by atoms with Crippen molar-refractivity contribution < 1.29 is 9.32 Å². The zero-order valence-corrected chi connectivity index (χ0v) is 12.2. The van der Waals surface area contributed by atoms with Gasteiger partial charge in [-0.05, 0) is 31.9 Å². The number of imidazole rings is 1. The third-order valence-electron chi connectivity index (χ3n) is 3.26. The highest BCUT2D eigenvalue weighted by Crippen LogP contribution is 2.17. The van der Waals surface area contributed by atoms with Gasteiger partial charge >= 0.3 is 0 Å². The lowest BCUT2D eigenvalue weighted by molar-refractivity contribution is 0.101. The van der Waals surface area contributed by atoms with E-state index in [1.54, 1.807) is 13.0 Å². The molecule has 3 heterocycles. The SMILES string of the molecule is CCc1nc2ccc(C)cn2c1C(=O)Nc1cc(C)on1. The minimum Gasteiger partial charge on any atom is -0.360 e. The molecule has 3 rings (SSSR count). The molecule has 3 aromatic rings. The van der Waals surface area contributed by atoms with Crippen molar-refractivity contribution in [2.45, 2.75) is 27.2 Å². The summed E-state index contributed by atoms with van der Waals surface area (Å²) in [6.07, 6.45) is 2.59. The van der Waals surface area contributed by atoms with Gasteiger partial charge in [-0.3, -0.25) is 9.20 Å². The molecule has 0 atom stereocenters. The number of carbonyl (C=O) groups is 1. The summed E-state index contributed by atoms with van der Waals surface area (Å²) in [5, 5.41) is 6.53. The highest BCUT2D eigenvalue weighted by Gasteiger charge is 2.19. The van der Waals surface area contributed by atoms with Crippen LogP contribution in [0, 0.1) is 13.8 Å². The van der Waals surface area contributed by atoms with Crippen molar-refractivity contribution in [2.24, 2.45) is 0 Å². The Balaban J connectivity index is 2.05. The van der Waals surface area contributed by atoms with Crippen LogP contribution in [0.4, 0.5) is 5.82 Å². The molecule has 1 amide bonds. The molecule has 21 heavy (non-hydrogen) atoms. The van der Waals surface area contributed by atoms with Crippen LogP contribution in [-0.4, -0.2) is 20.4 Å². The van der Waals surface area contributed by atoms with Crippen LogP contribution in [0.3, 0.4) is 0 Å². The van der Waals surface area contributed by atoms with Gasteiger partial charge in [-0.15, -0.1) is 0 Å². The van der Waals surface area contributed by atoms with Crippen LogP contribution in [0.2, 0.25) is 0 Å². The van der Waals surface area contributed by atoms with Gasteiger partial charge in [0.1, 0.15) is 17.1 Å². The zero-order chi connectivity index (χ0) is 15.0. The molecule has 0 unspecified atom stereocenters. The first-order chi connectivity index (χ1) is 10.1. The van der Waals surface area contributed by atoms with Crippen LogP contribution in [0.15, 0.2) is 28.9 Å². The van der Waals surface area contributed by atoms with E-state index >= 15 is 0 Å². The number of pyridine rings is 1. The molecular weight excluding hydrogens is 268 g/mol. The van der Waals surface area contributed by atoms with Gasteiger partial charge in [-0.1, -0.05) is 18.1 Å². The van der Waals surface area contributed by atoms with E-state index in [4.69, 9.17) is 4.52 Å². The van der Waals surface area contributed by atoms with Crippen molar-refractivity contribution in [3.63, 3.8) is 0 Å².